The Hall–Kier alpha value is 0.0900. The van der Waals surface area contributed by atoms with Crippen molar-refractivity contribution >= 4 is 11.8 Å². The molecule has 1 atom stereocenters. The van der Waals surface area contributed by atoms with Crippen molar-refractivity contribution in [3.8, 4) is 0 Å². The normalized spacial score (nSPS) is 32.1. The van der Waals surface area contributed by atoms with Gasteiger partial charge in [0.2, 0.25) is 0 Å². The van der Waals surface area contributed by atoms with E-state index in [-0.39, 0.29) is 0 Å². The lowest BCUT2D eigenvalue weighted by Gasteiger charge is -2.22. The van der Waals surface area contributed by atoms with E-state index in [0.717, 1.165) is 11.2 Å². The molecule has 1 aliphatic carbocycles. The van der Waals surface area contributed by atoms with E-state index in [1.807, 2.05) is 0 Å². The average Bonchev–Trinajstić information content (AvgIpc) is 2.54. The van der Waals surface area contributed by atoms with Gasteiger partial charge in [0.15, 0.2) is 0 Å². The van der Waals surface area contributed by atoms with Gasteiger partial charge < -0.3 is 0 Å². The average molecular weight is 182 g/mol. The molecule has 0 aromatic rings. The maximum atomic E-state index is 2.49. The van der Waals surface area contributed by atoms with Crippen LogP contribution in [-0.4, -0.2) is 5.25 Å². The third-order valence-corrected chi connectivity index (χ3v) is 4.36. The zero-order valence-electron chi connectivity index (χ0n) is 7.88. The number of hydrogen-bond acceptors (Lipinski definition) is 1. The van der Waals surface area contributed by atoms with Gasteiger partial charge >= 0.3 is 0 Å². The Balaban J connectivity index is 1.91. The summed E-state index contributed by atoms with van der Waals surface area (Å²) < 4.78 is 0. The van der Waals surface area contributed by atoms with Crippen LogP contribution in [0.25, 0.3) is 0 Å². The first-order valence-electron chi connectivity index (χ1n) is 5.23. The van der Waals surface area contributed by atoms with Gasteiger partial charge in [0.05, 0.1) is 0 Å². The van der Waals surface area contributed by atoms with Gasteiger partial charge in [0.1, 0.15) is 0 Å². The summed E-state index contributed by atoms with van der Waals surface area (Å²) in [6.07, 6.45) is 11.1. The zero-order valence-corrected chi connectivity index (χ0v) is 8.70. The maximum absolute atomic E-state index is 2.49. The Bertz CT molecular complexity index is 177. The van der Waals surface area contributed by atoms with E-state index in [2.05, 4.69) is 24.8 Å². The second-order valence-electron chi connectivity index (χ2n) is 4.11. The van der Waals surface area contributed by atoms with E-state index >= 15 is 0 Å². The van der Waals surface area contributed by atoms with Crippen LogP contribution in [0.3, 0.4) is 0 Å². The van der Waals surface area contributed by atoms with Crippen molar-refractivity contribution in [2.45, 2.75) is 50.7 Å². The molecule has 0 saturated heterocycles. The van der Waals surface area contributed by atoms with Crippen LogP contribution in [0.1, 0.15) is 45.4 Å². The molecule has 0 N–H and O–H groups in total. The fourth-order valence-corrected chi connectivity index (χ4v) is 3.54. The van der Waals surface area contributed by atoms with Gasteiger partial charge in [0.25, 0.3) is 0 Å². The molecule has 0 bridgehead atoms. The maximum Gasteiger partial charge on any atom is 0.00977 e. The molecule has 1 heterocycles. The highest BCUT2D eigenvalue weighted by atomic mass is 32.2. The van der Waals surface area contributed by atoms with E-state index in [1.54, 1.807) is 4.91 Å². The largest absolute Gasteiger partial charge is 0.127 e. The minimum atomic E-state index is 0.863. The lowest BCUT2D eigenvalue weighted by atomic mass is 9.89. The standard InChI is InChI=1S/C11H18S/c1-9-7-8-11(12-9)10-5-3-2-4-6-10/h8-10H,2-7H2,1H3. The van der Waals surface area contributed by atoms with Gasteiger partial charge in [-0.1, -0.05) is 32.3 Å². The highest BCUT2D eigenvalue weighted by Crippen LogP contribution is 2.42. The van der Waals surface area contributed by atoms with Crippen LogP contribution in [0.5, 0.6) is 0 Å². The summed E-state index contributed by atoms with van der Waals surface area (Å²) >= 11 is 2.13. The Kier molecular flexibility index (Phi) is 2.80. The van der Waals surface area contributed by atoms with Gasteiger partial charge in [0, 0.05) is 5.25 Å². The summed E-state index contributed by atoms with van der Waals surface area (Å²) in [5.74, 6) is 0.952. The molecule has 0 nitrogen and oxygen atoms in total. The van der Waals surface area contributed by atoms with Crippen molar-refractivity contribution in [3.05, 3.63) is 11.0 Å². The lowest BCUT2D eigenvalue weighted by Crippen LogP contribution is -2.06. The van der Waals surface area contributed by atoms with Crippen LogP contribution < -0.4 is 0 Å². The molecule has 0 aromatic heterocycles. The smallest absolute Gasteiger partial charge is 0.00977 e. The molecule has 0 aromatic carbocycles. The summed E-state index contributed by atoms with van der Waals surface area (Å²) in [6, 6.07) is 0. The van der Waals surface area contributed by atoms with Gasteiger partial charge in [-0.05, 0) is 30.1 Å². The van der Waals surface area contributed by atoms with E-state index in [0.29, 0.717) is 0 Å². The van der Waals surface area contributed by atoms with Crippen LogP contribution in [0.15, 0.2) is 11.0 Å². The summed E-state index contributed by atoms with van der Waals surface area (Å²) in [4.78, 5) is 1.72. The highest BCUT2D eigenvalue weighted by molar-refractivity contribution is 8.03. The molecule has 1 saturated carbocycles. The number of thioether (sulfide) groups is 1. The molecule has 0 spiro atoms. The van der Waals surface area contributed by atoms with Crippen molar-refractivity contribution in [2.75, 3.05) is 0 Å². The van der Waals surface area contributed by atoms with Gasteiger partial charge in [-0.25, -0.2) is 0 Å². The Labute approximate surface area is 79.8 Å². The fraction of sp³-hybridized carbons (Fsp3) is 0.818. The predicted molar refractivity (Wildman–Crippen MR) is 56.3 cm³/mol. The molecular formula is C11H18S. The molecule has 1 aliphatic heterocycles. The SMILES string of the molecule is CC1CC=C(C2CCCCC2)S1. The lowest BCUT2D eigenvalue weighted by molar-refractivity contribution is 0.415. The third-order valence-electron chi connectivity index (χ3n) is 3.00. The molecule has 68 valence electrons. The quantitative estimate of drug-likeness (QED) is 0.591. The molecule has 2 aliphatic rings. The molecule has 0 radical (unpaired) electrons. The predicted octanol–water partition coefficient (Wildman–Crippen LogP) is 3.98. The topological polar surface area (TPSA) is 0 Å². The molecule has 1 unspecified atom stereocenters. The van der Waals surface area contributed by atoms with Crippen LogP contribution in [0.4, 0.5) is 0 Å². The van der Waals surface area contributed by atoms with Gasteiger partial charge in [-0.15, -0.1) is 11.8 Å². The Morgan fingerprint density at radius 3 is 2.58 bits per heavy atom. The van der Waals surface area contributed by atoms with Crippen molar-refractivity contribution < 1.29 is 0 Å². The molecule has 12 heavy (non-hydrogen) atoms. The van der Waals surface area contributed by atoms with E-state index in [1.165, 1.54) is 38.5 Å². The summed E-state index contributed by atoms with van der Waals surface area (Å²) in [5.41, 5.74) is 0. The van der Waals surface area contributed by atoms with Gasteiger partial charge in [-0.3, -0.25) is 0 Å². The number of allylic oxidation sites excluding steroid dienone is 2. The summed E-state index contributed by atoms with van der Waals surface area (Å²) in [5, 5.41) is 0.863. The monoisotopic (exact) mass is 182 g/mol. The van der Waals surface area contributed by atoms with Crippen molar-refractivity contribution in [2.24, 2.45) is 5.92 Å². The molecule has 2 rings (SSSR count). The minimum absolute atomic E-state index is 0.863. The number of hydrogen-bond donors (Lipinski definition) is 0. The zero-order chi connectivity index (χ0) is 8.39. The van der Waals surface area contributed by atoms with Crippen molar-refractivity contribution in [3.63, 3.8) is 0 Å². The van der Waals surface area contributed by atoms with Crippen LogP contribution >= 0.6 is 11.8 Å². The summed E-state index contributed by atoms with van der Waals surface area (Å²) in [6.45, 7) is 2.34. The molecule has 1 heteroatoms. The third kappa shape index (κ3) is 1.87. The Morgan fingerprint density at radius 1 is 1.25 bits per heavy atom. The van der Waals surface area contributed by atoms with Crippen LogP contribution in [0, 0.1) is 5.92 Å². The molecular weight excluding hydrogens is 164 g/mol. The minimum Gasteiger partial charge on any atom is -0.127 e. The van der Waals surface area contributed by atoms with Gasteiger partial charge in [-0.2, -0.15) is 0 Å². The fourth-order valence-electron chi connectivity index (χ4n) is 2.26. The van der Waals surface area contributed by atoms with Crippen molar-refractivity contribution in [1.82, 2.24) is 0 Å². The molecule has 1 fully saturated rings. The Morgan fingerprint density at radius 2 is 2.00 bits per heavy atom. The highest BCUT2D eigenvalue weighted by Gasteiger charge is 2.22. The first-order valence-corrected chi connectivity index (χ1v) is 6.11. The second kappa shape index (κ2) is 3.87. The first-order chi connectivity index (χ1) is 5.86. The van der Waals surface area contributed by atoms with E-state index in [9.17, 15) is 0 Å². The van der Waals surface area contributed by atoms with E-state index < -0.39 is 0 Å². The van der Waals surface area contributed by atoms with Crippen LogP contribution in [0.2, 0.25) is 0 Å². The van der Waals surface area contributed by atoms with E-state index in [4.69, 9.17) is 0 Å². The first kappa shape index (κ1) is 8.68. The molecule has 0 amide bonds. The van der Waals surface area contributed by atoms with Crippen LogP contribution in [-0.2, 0) is 0 Å². The van der Waals surface area contributed by atoms with Crippen molar-refractivity contribution in [1.29, 1.82) is 0 Å². The summed E-state index contributed by atoms with van der Waals surface area (Å²) in [7, 11) is 0. The number of rotatable bonds is 1. The second-order valence-corrected chi connectivity index (χ2v) is 5.62.